The van der Waals surface area contributed by atoms with Crippen molar-refractivity contribution < 1.29 is 30.7 Å². The molecule has 0 N–H and O–H groups in total. The van der Waals surface area contributed by atoms with E-state index in [1.807, 2.05) is 0 Å². The van der Waals surface area contributed by atoms with Crippen LogP contribution in [0.1, 0.15) is 19.8 Å². The molecule has 0 spiro atoms. The predicted molar refractivity (Wildman–Crippen MR) is 43.3 cm³/mol. The Morgan fingerprint density at radius 2 is 1.27 bits per heavy atom. The lowest BCUT2D eigenvalue weighted by molar-refractivity contribution is -0.302. The highest BCUT2D eigenvalue weighted by molar-refractivity contribution is 8.00. The molecule has 0 aromatic carbocycles. The lowest BCUT2D eigenvalue weighted by atomic mass is 10.3. The van der Waals surface area contributed by atoms with Gasteiger partial charge in [0.15, 0.2) is 0 Å². The van der Waals surface area contributed by atoms with Crippen molar-refractivity contribution >= 4 is 11.8 Å². The fourth-order valence-corrected chi connectivity index (χ4v) is 1.72. The highest BCUT2D eigenvalue weighted by atomic mass is 32.2. The largest absolute Gasteiger partial charge is 0.441 e. The van der Waals surface area contributed by atoms with E-state index in [2.05, 4.69) is 0 Å². The quantitative estimate of drug-likeness (QED) is 0.535. The molecule has 92 valence electrons. The Morgan fingerprint density at radius 3 is 1.53 bits per heavy atom. The SMILES string of the molecule is CCCCSC(F)(C(F)(F)F)C(F)(F)F. The molecule has 8 heteroatoms. The average Bonchev–Trinajstić information content (AvgIpc) is 2.00. The molecule has 0 atom stereocenters. The second-order valence-electron chi connectivity index (χ2n) is 2.79. The van der Waals surface area contributed by atoms with Crippen LogP contribution in [0.2, 0.25) is 0 Å². The van der Waals surface area contributed by atoms with Gasteiger partial charge in [0.25, 0.3) is 0 Å². The molecule has 0 amide bonds. The molecule has 0 saturated heterocycles. The zero-order chi connectivity index (χ0) is 12.3. The normalized spacial score (nSPS) is 14.4. The number of unbranched alkanes of at least 4 members (excludes halogenated alkanes) is 1. The van der Waals surface area contributed by atoms with Gasteiger partial charge in [-0.15, -0.1) is 11.8 Å². The van der Waals surface area contributed by atoms with Crippen LogP contribution in [0.4, 0.5) is 30.7 Å². The van der Waals surface area contributed by atoms with Gasteiger partial charge in [0.05, 0.1) is 0 Å². The van der Waals surface area contributed by atoms with Gasteiger partial charge in [-0.2, -0.15) is 26.3 Å². The summed E-state index contributed by atoms with van der Waals surface area (Å²) in [5.41, 5.74) is 0. The standard InChI is InChI=1S/C7H9F7S/c1-2-3-4-15-5(8,6(9,10)11)7(12,13)14/h2-4H2,1H3. The number of alkyl halides is 7. The third kappa shape index (κ3) is 3.42. The fraction of sp³-hybridized carbons (Fsp3) is 1.00. The minimum atomic E-state index is -5.94. The van der Waals surface area contributed by atoms with Gasteiger partial charge < -0.3 is 0 Å². The Kier molecular flexibility index (Phi) is 4.75. The van der Waals surface area contributed by atoms with E-state index >= 15 is 0 Å². The molecule has 0 aromatic heterocycles. The monoisotopic (exact) mass is 258 g/mol. The molecule has 0 saturated carbocycles. The van der Waals surface area contributed by atoms with E-state index in [-0.39, 0.29) is 6.42 Å². The van der Waals surface area contributed by atoms with Crippen LogP contribution >= 0.6 is 11.8 Å². The maximum Gasteiger partial charge on any atom is 0.441 e. The topological polar surface area (TPSA) is 0 Å². The van der Waals surface area contributed by atoms with E-state index in [9.17, 15) is 30.7 Å². The van der Waals surface area contributed by atoms with Crippen molar-refractivity contribution in [1.82, 2.24) is 0 Å². The van der Waals surface area contributed by atoms with E-state index < -0.39 is 34.9 Å². The first-order valence-electron chi connectivity index (χ1n) is 4.02. The maximum atomic E-state index is 12.8. The Bertz CT molecular complexity index is 180. The summed E-state index contributed by atoms with van der Waals surface area (Å²) in [5.74, 6) is -0.522. The third-order valence-electron chi connectivity index (χ3n) is 1.53. The predicted octanol–water partition coefficient (Wildman–Crippen LogP) is 4.31. The molecule has 0 fully saturated rings. The smallest absolute Gasteiger partial charge is 0.211 e. The van der Waals surface area contributed by atoms with E-state index in [1.165, 1.54) is 0 Å². The molecule has 0 aliphatic rings. The Hall–Kier alpha value is -0.140. The molecule has 0 radical (unpaired) electrons. The molecule has 0 aliphatic carbocycles. The van der Waals surface area contributed by atoms with Gasteiger partial charge in [0, 0.05) is 0 Å². The summed E-state index contributed by atoms with van der Waals surface area (Å²) in [6, 6.07) is 0. The number of hydrogen-bond acceptors (Lipinski definition) is 1. The van der Waals surface area contributed by atoms with Crippen LogP contribution in [0.15, 0.2) is 0 Å². The summed E-state index contributed by atoms with van der Waals surface area (Å²) in [4.78, 5) is 0. The molecular weight excluding hydrogens is 249 g/mol. The summed E-state index contributed by atoms with van der Waals surface area (Å²) in [6.07, 6.45) is -11.4. The van der Waals surface area contributed by atoms with Crippen LogP contribution in [-0.4, -0.2) is 23.1 Å². The number of hydrogen-bond donors (Lipinski definition) is 0. The van der Waals surface area contributed by atoms with Gasteiger partial charge in [-0.3, -0.25) is 0 Å². The first kappa shape index (κ1) is 14.9. The number of halogens is 7. The van der Waals surface area contributed by atoms with Crippen LogP contribution in [0.25, 0.3) is 0 Å². The molecule has 15 heavy (non-hydrogen) atoms. The Morgan fingerprint density at radius 1 is 0.867 bits per heavy atom. The highest BCUT2D eigenvalue weighted by Gasteiger charge is 2.73. The molecular formula is C7H9F7S. The second kappa shape index (κ2) is 4.80. The van der Waals surface area contributed by atoms with Gasteiger partial charge in [-0.25, -0.2) is 4.39 Å². The van der Waals surface area contributed by atoms with E-state index in [0.717, 1.165) is 0 Å². The summed E-state index contributed by atoms with van der Waals surface area (Å²) >= 11 is -0.754. The summed E-state index contributed by atoms with van der Waals surface area (Å²) in [5, 5.41) is -5.16. The Balaban J connectivity index is 4.74. The van der Waals surface area contributed by atoms with Crippen molar-refractivity contribution in [3.05, 3.63) is 0 Å². The lowest BCUT2D eigenvalue weighted by Gasteiger charge is -2.29. The highest BCUT2D eigenvalue weighted by Crippen LogP contribution is 2.53. The molecule has 0 heterocycles. The average molecular weight is 258 g/mol. The van der Waals surface area contributed by atoms with Crippen molar-refractivity contribution in [2.45, 2.75) is 37.1 Å². The van der Waals surface area contributed by atoms with Gasteiger partial charge >= 0.3 is 17.4 Å². The minimum Gasteiger partial charge on any atom is -0.211 e. The first-order valence-corrected chi connectivity index (χ1v) is 5.01. The van der Waals surface area contributed by atoms with Crippen LogP contribution in [-0.2, 0) is 0 Å². The number of thioether (sulfide) groups is 1. The van der Waals surface area contributed by atoms with E-state index in [1.54, 1.807) is 6.92 Å². The number of rotatable bonds is 4. The van der Waals surface area contributed by atoms with Crippen molar-refractivity contribution in [2.24, 2.45) is 0 Å². The molecule has 0 unspecified atom stereocenters. The molecule has 0 nitrogen and oxygen atoms in total. The molecule has 0 aromatic rings. The van der Waals surface area contributed by atoms with Crippen LogP contribution in [0.3, 0.4) is 0 Å². The van der Waals surface area contributed by atoms with Crippen molar-refractivity contribution in [2.75, 3.05) is 5.75 Å². The van der Waals surface area contributed by atoms with Crippen molar-refractivity contribution in [3.63, 3.8) is 0 Å². The maximum absolute atomic E-state index is 12.8. The van der Waals surface area contributed by atoms with Crippen LogP contribution < -0.4 is 0 Å². The fourth-order valence-electron chi connectivity index (χ4n) is 0.682. The minimum absolute atomic E-state index is 0.0997. The van der Waals surface area contributed by atoms with Gasteiger partial charge in [0.1, 0.15) is 0 Å². The van der Waals surface area contributed by atoms with Crippen molar-refractivity contribution in [1.29, 1.82) is 0 Å². The van der Waals surface area contributed by atoms with Gasteiger partial charge in [-0.05, 0) is 12.2 Å². The zero-order valence-corrected chi connectivity index (χ0v) is 8.49. The molecule has 0 aliphatic heterocycles. The van der Waals surface area contributed by atoms with Gasteiger partial charge in [-0.1, -0.05) is 13.3 Å². The van der Waals surface area contributed by atoms with Gasteiger partial charge in [0.2, 0.25) is 0 Å². The van der Waals surface area contributed by atoms with Crippen molar-refractivity contribution in [3.8, 4) is 0 Å². The lowest BCUT2D eigenvalue weighted by Crippen LogP contribution is -2.50. The van der Waals surface area contributed by atoms with Crippen LogP contribution in [0.5, 0.6) is 0 Å². The van der Waals surface area contributed by atoms with E-state index in [0.29, 0.717) is 6.42 Å². The van der Waals surface area contributed by atoms with E-state index in [4.69, 9.17) is 0 Å². The summed E-state index contributed by atoms with van der Waals surface area (Å²) < 4.78 is 84.3. The molecule has 0 bridgehead atoms. The zero-order valence-electron chi connectivity index (χ0n) is 7.68. The summed E-state index contributed by atoms with van der Waals surface area (Å²) in [7, 11) is 0. The molecule has 0 rings (SSSR count). The first-order chi connectivity index (χ1) is 6.56. The second-order valence-corrected chi connectivity index (χ2v) is 4.05. The third-order valence-corrected chi connectivity index (χ3v) is 2.88. The Labute approximate surface area is 86.2 Å². The van der Waals surface area contributed by atoms with Crippen LogP contribution in [0, 0.1) is 0 Å². The summed E-state index contributed by atoms with van der Waals surface area (Å²) in [6.45, 7) is 1.58.